The molecule has 1 aromatic rings. The van der Waals surface area contributed by atoms with Gasteiger partial charge < -0.3 is 4.74 Å². The number of benzene rings is 1. The number of nitrogens with zero attached hydrogens (tertiary/aromatic N) is 2. The molecule has 0 unspecified atom stereocenters. The Kier molecular flexibility index (Phi) is 5.08. The molecule has 0 heterocycles. The van der Waals surface area contributed by atoms with Crippen molar-refractivity contribution in [1.29, 1.82) is 0 Å². The van der Waals surface area contributed by atoms with Crippen LogP contribution in [0.1, 0.15) is 51.9 Å². The zero-order valence-corrected chi connectivity index (χ0v) is 16.2. The van der Waals surface area contributed by atoms with Gasteiger partial charge >= 0.3 is 5.69 Å². The Morgan fingerprint density at radius 3 is 2.43 bits per heavy atom. The van der Waals surface area contributed by atoms with Crippen LogP contribution >= 0.6 is 0 Å². The van der Waals surface area contributed by atoms with E-state index in [2.05, 4.69) is 10.5 Å². The Morgan fingerprint density at radius 1 is 1.21 bits per heavy atom. The predicted molar refractivity (Wildman–Crippen MR) is 105 cm³/mol. The molecular formula is C21H27N3O4. The van der Waals surface area contributed by atoms with E-state index in [-0.39, 0.29) is 18.0 Å². The van der Waals surface area contributed by atoms with Gasteiger partial charge in [-0.2, -0.15) is 5.10 Å². The first kappa shape index (κ1) is 18.9. The number of carbonyl (C=O) groups excluding carboxylic acids is 1. The van der Waals surface area contributed by atoms with E-state index in [0.29, 0.717) is 5.41 Å². The van der Waals surface area contributed by atoms with Gasteiger partial charge in [-0.1, -0.05) is 12.1 Å². The Hall–Kier alpha value is -2.44. The number of amides is 1. The highest BCUT2D eigenvalue weighted by Crippen LogP contribution is 2.61. The number of nitrogens with one attached hydrogen (secondary N) is 1. The molecular weight excluding hydrogens is 358 g/mol. The largest absolute Gasteiger partial charge is 0.477 e. The Morgan fingerprint density at radius 2 is 1.82 bits per heavy atom. The minimum absolute atomic E-state index is 0.0805. The van der Waals surface area contributed by atoms with Crippen LogP contribution in [0, 0.1) is 33.3 Å². The quantitative estimate of drug-likeness (QED) is 0.435. The first-order valence-electron chi connectivity index (χ1n) is 10.1. The molecule has 7 nitrogen and oxygen atoms in total. The van der Waals surface area contributed by atoms with Crippen molar-refractivity contribution in [2.75, 3.05) is 6.61 Å². The van der Waals surface area contributed by atoms with E-state index in [4.69, 9.17) is 4.74 Å². The van der Waals surface area contributed by atoms with Gasteiger partial charge in [0, 0.05) is 11.8 Å². The topological polar surface area (TPSA) is 93.8 Å². The van der Waals surface area contributed by atoms with E-state index < -0.39 is 10.8 Å². The summed E-state index contributed by atoms with van der Waals surface area (Å²) >= 11 is 0. The fourth-order valence-electron chi connectivity index (χ4n) is 6.15. The van der Waals surface area contributed by atoms with Gasteiger partial charge in [0.1, 0.15) is 0 Å². The average molecular weight is 385 g/mol. The number of hydrogen-bond acceptors (Lipinski definition) is 5. The van der Waals surface area contributed by atoms with Crippen molar-refractivity contribution in [2.24, 2.45) is 28.3 Å². The van der Waals surface area contributed by atoms with E-state index in [9.17, 15) is 14.9 Å². The number of hydrogen-bond donors (Lipinski definition) is 1. The third-order valence-corrected chi connectivity index (χ3v) is 6.59. The van der Waals surface area contributed by atoms with Gasteiger partial charge in [-0.15, -0.1) is 0 Å². The van der Waals surface area contributed by atoms with Crippen LogP contribution in [0.25, 0.3) is 0 Å². The van der Waals surface area contributed by atoms with Crippen LogP contribution in [0.4, 0.5) is 5.69 Å². The lowest BCUT2D eigenvalue weighted by molar-refractivity contribution is -0.385. The maximum Gasteiger partial charge on any atom is 0.310 e. The van der Waals surface area contributed by atoms with Crippen molar-refractivity contribution in [3.63, 3.8) is 0 Å². The summed E-state index contributed by atoms with van der Waals surface area (Å²) < 4.78 is 5.30. The number of nitro benzene ring substituents is 1. The third-order valence-electron chi connectivity index (χ3n) is 6.59. The summed E-state index contributed by atoms with van der Waals surface area (Å²) in [5, 5.41) is 15.3. The highest BCUT2D eigenvalue weighted by molar-refractivity contribution is 5.85. The molecule has 4 aliphatic carbocycles. The van der Waals surface area contributed by atoms with Crippen LogP contribution in [0.5, 0.6) is 5.75 Å². The van der Waals surface area contributed by atoms with E-state index in [1.54, 1.807) is 12.1 Å². The van der Waals surface area contributed by atoms with Crippen molar-refractivity contribution in [1.82, 2.24) is 5.43 Å². The molecule has 0 atom stereocenters. The molecule has 0 spiro atoms. The molecule has 1 amide bonds. The summed E-state index contributed by atoms with van der Waals surface area (Å²) in [5.41, 5.74) is 3.71. The maximum absolute atomic E-state index is 12.1. The SMILES string of the molecule is C/C(CC12CC3CC(CC(C3)C1)C2)=N/NC(=O)COc1ccccc1[N+](=O)[O-]. The summed E-state index contributed by atoms with van der Waals surface area (Å²) in [6, 6.07) is 6.02. The number of carbonyl (C=O) groups is 1. The van der Waals surface area contributed by atoms with E-state index in [1.165, 1.54) is 50.7 Å². The lowest BCUT2D eigenvalue weighted by atomic mass is 9.48. The zero-order valence-electron chi connectivity index (χ0n) is 16.2. The molecule has 0 radical (unpaired) electrons. The molecule has 1 N–H and O–H groups in total. The fraction of sp³-hybridized carbons (Fsp3) is 0.619. The second-order valence-electron chi connectivity index (χ2n) is 8.99. The van der Waals surface area contributed by atoms with Crippen molar-refractivity contribution in [3.05, 3.63) is 34.4 Å². The molecule has 4 saturated carbocycles. The van der Waals surface area contributed by atoms with E-state index in [0.717, 1.165) is 29.9 Å². The summed E-state index contributed by atoms with van der Waals surface area (Å²) in [4.78, 5) is 22.5. The molecule has 0 aromatic heterocycles. The van der Waals surface area contributed by atoms with Crippen molar-refractivity contribution in [2.45, 2.75) is 51.9 Å². The molecule has 4 aliphatic rings. The second kappa shape index (κ2) is 7.53. The third kappa shape index (κ3) is 4.03. The normalized spacial score (nSPS) is 30.9. The van der Waals surface area contributed by atoms with Crippen molar-refractivity contribution in [3.8, 4) is 5.75 Å². The Labute approximate surface area is 164 Å². The molecule has 0 aliphatic heterocycles. The number of ether oxygens (including phenoxy) is 1. The Balaban J connectivity index is 1.29. The smallest absolute Gasteiger partial charge is 0.310 e. The number of nitro groups is 1. The molecule has 4 bridgehead atoms. The van der Waals surface area contributed by atoms with Gasteiger partial charge in [-0.25, -0.2) is 5.43 Å². The maximum atomic E-state index is 12.1. The molecule has 0 saturated heterocycles. The van der Waals surface area contributed by atoms with E-state index in [1.807, 2.05) is 6.92 Å². The van der Waals surface area contributed by atoms with Gasteiger partial charge in [-0.05, 0) is 81.1 Å². The Bertz CT molecular complexity index is 769. The average Bonchev–Trinajstić information content (AvgIpc) is 2.63. The molecule has 28 heavy (non-hydrogen) atoms. The second-order valence-corrected chi connectivity index (χ2v) is 8.99. The van der Waals surface area contributed by atoms with Gasteiger partial charge in [0.05, 0.1) is 4.92 Å². The first-order chi connectivity index (χ1) is 13.4. The monoisotopic (exact) mass is 385 g/mol. The molecule has 1 aromatic carbocycles. The number of rotatable bonds is 7. The molecule has 150 valence electrons. The standard InChI is InChI=1S/C21H27N3O4/c1-14(9-21-10-15-6-16(11-21)8-17(7-15)12-21)22-23-20(25)13-28-19-5-3-2-4-18(19)24(26)27/h2-5,15-17H,6-13H2,1H3,(H,23,25)/b22-14-. The highest BCUT2D eigenvalue weighted by atomic mass is 16.6. The molecule has 5 rings (SSSR count). The highest BCUT2D eigenvalue weighted by Gasteiger charge is 2.50. The van der Waals surface area contributed by atoms with Crippen LogP contribution in [-0.4, -0.2) is 23.1 Å². The molecule has 4 fully saturated rings. The van der Waals surface area contributed by atoms with Crippen LogP contribution in [0.2, 0.25) is 0 Å². The summed E-state index contributed by atoms with van der Waals surface area (Å²) in [5.74, 6) is 2.34. The summed E-state index contributed by atoms with van der Waals surface area (Å²) in [7, 11) is 0. The predicted octanol–water partition coefficient (Wildman–Crippen LogP) is 4.07. The van der Waals surface area contributed by atoms with Gasteiger partial charge in [0.25, 0.3) is 5.91 Å². The fourth-order valence-corrected chi connectivity index (χ4v) is 6.15. The van der Waals surface area contributed by atoms with Gasteiger partial charge in [0.15, 0.2) is 12.4 Å². The van der Waals surface area contributed by atoms with Gasteiger partial charge in [0.2, 0.25) is 0 Å². The van der Waals surface area contributed by atoms with Crippen LogP contribution in [0.15, 0.2) is 29.4 Å². The number of hydrazone groups is 1. The minimum Gasteiger partial charge on any atom is -0.477 e. The summed E-state index contributed by atoms with van der Waals surface area (Å²) in [6.45, 7) is 1.67. The van der Waals surface area contributed by atoms with Crippen LogP contribution < -0.4 is 10.2 Å². The van der Waals surface area contributed by atoms with Crippen LogP contribution in [-0.2, 0) is 4.79 Å². The minimum atomic E-state index is -0.527. The van der Waals surface area contributed by atoms with Crippen molar-refractivity contribution >= 4 is 17.3 Å². The summed E-state index contributed by atoms with van der Waals surface area (Å²) in [6.07, 6.45) is 9.10. The van der Waals surface area contributed by atoms with Crippen LogP contribution in [0.3, 0.4) is 0 Å². The zero-order chi connectivity index (χ0) is 19.7. The first-order valence-corrected chi connectivity index (χ1v) is 10.1. The lowest BCUT2D eigenvalue weighted by Gasteiger charge is -2.57. The van der Waals surface area contributed by atoms with Gasteiger partial charge in [-0.3, -0.25) is 14.9 Å². The number of para-hydroxylation sites is 2. The lowest BCUT2D eigenvalue weighted by Crippen LogP contribution is -2.46. The van der Waals surface area contributed by atoms with Crippen molar-refractivity contribution < 1.29 is 14.5 Å². The van der Waals surface area contributed by atoms with E-state index >= 15 is 0 Å². The molecule has 7 heteroatoms.